The molecule has 1 aromatic rings. The van der Waals surface area contributed by atoms with Crippen LogP contribution in [0.15, 0.2) is 29.2 Å². The topological polar surface area (TPSA) is 125 Å². The summed E-state index contributed by atoms with van der Waals surface area (Å²) in [6.45, 7) is 3.41. The van der Waals surface area contributed by atoms with Gasteiger partial charge < -0.3 is 30.1 Å². The van der Waals surface area contributed by atoms with Gasteiger partial charge in [0.05, 0.1) is 0 Å². The quantitative estimate of drug-likeness (QED) is 0.412. The molecule has 0 bridgehead atoms. The highest BCUT2D eigenvalue weighted by molar-refractivity contribution is 8.13. The Labute approximate surface area is 161 Å². The third-order valence-corrected chi connectivity index (χ3v) is 4.90. The lowest BCUT2D eigenvalue weighted by atomic mass is 9.97. The molecule has 1 aliphatic heterocycles. The Morgan fingerprint density at radius 2 is 1.85 bits per heavy atom. The second kappa shape index (κ2) is 10.0. The van der Waals surface area contributed by atoms with E-state index in [0.29, 0.717) is 11.3 Å². The Balaban J connectivity index is 1.85. The monoisotopic (exact) mass is 399 g/mol. The molecule has 9 heteroatoms. The highest BCUT2D eigenvalue weighted by atomic mass is 32.2. The van der Waals surface area contributed by atoms with Crippen molar-refractivity contribution in [3.8, 4) is 0 Å². The van der Waals surface area contributed by atoms with Crippen LogP contribution in [0.2, 0.25) is 0 Å². The van der Waals surface area contributed by atoms with E-state index in [4.69, 9.17) is 9.47 Å². The predicted octanol–water partition coefficient (Wildman–Crippen LogP) is 0.948. The standard InChI is InChI=1S/C18H25NO7S/c1-3-4-13(20)19-14-16(22)15(21)12(26-17(14)23)9-25-18(24)27-11-7-5-10(2)6-8-11/h5-8,12,14-17,21-23H,3-4,9H2,1-2H3,(H,19,20)/t12-,14-,15-,16-,17?/m1/s1. The summed E-state index contributed by atoms with van der Waals surface area (Å²) in [4.78, 5) is 24.3. The summed E-state index contributed by atoms with van der Waals surface area (Å²) in [5, 5.41) is 32.2. The number of aliphatic hydroxyl groups is 3. The summed E-state index contributed by atoms with van der Waals surface area (Å²) in [5.41, 5.74) is 1.06. The number of aliphatic hydroxyl groups excluding tert-OH is 3. The van der Waals surface area contributed by atoms with Crippen molar-refractivity contribution in [1.82, 2.24) is 5.32 Å². The van der Waals surface area contributed by atoms with Crippen molar-refractivity contribution in [3.05, 3.63) is 29.8 Å². The first-order valence-electron chi connectivity index (χ1n) is 8.72. The third kappa shape index (κ3) is 6.18. The number of thioether (sulfide) groups is 1. The largest absolute Gasteiger partial charge is 0.454 e. The second-order valence-corrected chi connectivity index (χ2v) is 7.37. The molecular weight excluding hydrogens is 374 g/mol. The van der Waals surface area contributed by atoms with Crippen molar-refractivity contribution in [2.45, 2.75) is 62.2 Å². The highest BCUT2D eigenvalue weighted by Gasteiger charge is 2.44. The zero-order chi connectivity index (χ0) is 20.0. The van der Waals surface area contributed by atoms with E-state index in [1.165, 1.54) is 0 Å². The number of aryl methyl sites for hydroxylation is 1. The molecule has 1 saturated heterocycles. The van der Waals surface area contributed by atoms with Crippen LogP contribution in [0.1, 0.15) is 25.3 Å². The summed E-state index contributed by atoms with van der Waals surface area (Å²) < 4.78 is 10.3. The molecule has 2 rings (SSSR count). The van der Waals surface area contributed by atoms with E-state index < -0.39 is 35.9 Å². The fourth-order valence-electron chi connectivity index (χ4n) is 2.61. The summed E-state index contributed by atoms with van der Waals surface area (Å²) >= 11 is 0.878. The van der Waals surface area contributed by atoms with E-state index in [2.05, 4.69) is 5.32 Å². The molecule has 1 aromatic carbocycles. The third-order valence-electron chi connectivity index (χ3n) is 4.11. The summed E-state index contributed by atoms with van der Waals surface area (Å²) in [5.74, 6) is -0.365. The fourth-order valence-corrected chi connectivity index (χ4v) is 3.20. The maximum Gasteiger partial charge on any atom is 0.372 e. The minimum Gasteiger partial charge on any atom is -0.454 e. The molecule has 4 N–H and O–H groups in total. The molecule has 1 aliphatic rings. The van der Waals surface area contributed by atoms with Gasteiger partial charge in [-0.15, -0.1) is 0 Å². The van der Waals surface area contributed by atoms with Gasteiger partial charge in [-0.05, 0) is 37.2 Å². The Bertz CT molecular complexity index is 639. The average Bonchev–Trinajstić information content (AvgIpc) is 2.63. The van der Waals surface area contributed by atoms with Gasteiger partial charge in [0.25, 0.3) is 0 Å². The Hall–Kier alpha value is -1.65. The van der Waals surface area contributed by atoms with Gasteiger partial charge in [0.1, 0.15) is 31.0 Å². The van der Waals surface area contributed by atoms with Crippen LogP contribution >= 0.6 is 11.8 Å². The maximum absolute atomic E-state index is 11.9. The second-order valence-electron chi connectivity index (χ2n) is 6.37. The normalized spacial score (nSPS) is 27.8. The molecule has 5 atom stereocenters. The van der Waals surface area contributed by atoms with E-state index in [1.807, 2.05) is 26.0 Å². The van der Waals surface area contributed by atoms with E-state index >= 15 is 0 Å². The Kier molecular flexibility index (Phi) is 8.06. The smallest absolute Gasteiger partial charge is 0.372 e. The molecule has 1 fully saturated rings. The molecule has 8 nitrogen and oxygen atoms in total. The summed E-state index contributed by atoms with van der Waals surface area (Å²) in [6, 6.07) is 6.13. The molecule has 0 radical (unpaired) electrons. The van der Waals surface area contributed by atoms with E-state index in [1.54, 1.807) is 12.1 Å². The number of nitrogens with one attached hydrogen (secondary N) is 1. The Morgan fingerprint density at radius 1 is 1.19 bits per heavy atom. The Morgan fingerprint density at radius 3 is 2.48 bits per heavy atom. The van der Waals surface area contributed by atoms with Gasteiger partial charge in [-0.1, -0.05) is 24.6 Å². The van der Waals surface area contributed by atoms with Crippen molar-refractivity contribution in [2.75, 3.05) is 6.61 Å². The summed E-state index contributed by atoms with van der Waals surface area (Å²) in [6.07, 6.45) is -4.70. The van der Waals surface area contributed by atoms with Crippen LogP contribution < -0.4 is 5.32 Å². The van der Waals surface area contributed by atoms with E-state index in [-0.39, 0.29) is 18.9 Å². The van der Waals surface area contributed by atoms with Crippen LogP contribution in [0.4, 0.5) is 4.79 Å². The van der Waals surface area contributed by atoms with Crippen molar-refractivity contribution in [2.24, 2.45) is 0 Å². The number of benzene rings is 1. The number of rotatable bonds is 6. The first-order chi connectivity index (χ1) is 12.8. The molecule has 1 amide bonds. The van der Waals surface area contributed by atoms with E-state index in [0.717, 1.165) is 17.3 Å². The predicted molar refractivity (Wildman–Crippen MR) is 98.1 cm³/mol. The van der Waals surface area contributed by atoms with Gasteiger partial charge in [-0.3, -0.25) is 4.79 Å². The van der Waals surface area contributed by atoms with Gasteiger partial charge in [0, 0.05) is 11.3 Å². The van der Waals surface area contributed by atoms with Crippen LogP contribution in [0.25, 0.3) is 0 Å². The van der Waals surface area contributed by atoms with Gasteiger partial charge >= 0.3 is 5.30 Å². The zero-order valence-electron chi connectivity index (χ0n) is 15.2. The molecule has 1 heterocycles. The zero-order valence-corrected chi connectivity index (χ0v) is 16.0. The molecular formula is C18H25NO7S. The van der Waals surface area contributed by atoms with Crippen LogP contribution in [0.5, 0.6) is 0 Å². The molecule has 1 unspecified atom stereocenters. The van der Waals surface area contributed by atoms with E-state index in [9.17, 15) is 24.9 Å². The summed E-state index contributed by atoms with van der Waals surface area (Å²) in [7, 11) is 0. The maximum atomic E-state index is 11.9. The number of carbonyl (C=O) groups is 2. The van der Waals surface area contributed by atoms with Gasteiger partial charge in [-0.25, -0.2) is 4.79 Å². The molecule has 0 spiro atoms. The SMILES string of the molecule is CCCC(=O)N[C@H]1C(O)O[C@H](COC(=O)Sc2ccc(C)cc2)[C@@H](O)[C@@H]1O. The first kappa shape index (κ1) is 21.6. The average molecular weight is 399 g/mol. The number of ether oxygens (including phenoxy) is 2. The number of hydrogen-bond donors (Lipinski definition) is 4. The lowest BCUT2D eigenvalue weighted by Gasteiger charge is -2.40. The van der Waals surface area contributed by atoms with Crippen LogP contribution in [0, 0.1) is 6.92 Å². The minimum atomic E-state index is -1.53. The molecule has 0 saturated carbocycles. The number of amides is 1. The van der Waals surface area contributed by atoms with Crippen molar-refractivity contribution in [1.29, 1.82) is 0 Å². The highest BCUT2D eigenvalue weighted by Crippen LogP contribution is 2.23. The lowest BCUT2D eigenvalue weighted by Crippen LogP contribution is -2.64. The number of hydrogen-bond acceptors (Lipinski definition) is 8. The van der Waals surface area contributed by atoms with Crippen LogP contribution in [0.3, 0.4) is 0 Å². The van der Waals surface area contributed by atoms with Gasteiger partial charge in [-0.2, -0.15) is 0 Å². The van der Waals surface area contributed by atoms with Crippen molar-refractivity contribution >= 4 is 23.0 Å². The van der Waals surface area contributed by atoms with Crippen molar-refractivity contribution < 1.29 is 34.4 Å². The van der Waals surface area contributed by atoms with Crippen LogP contribution in [-0.4, -0.2) is 63.8 Å². The minimum absolute atomic E-state index is 0.226. The van der Waals surface area contributed by atoms with Crippen LogP contribution in [-0.2, 0) is 14.3 Å². The van der Waals surface area contributed by atoms with Crippen molar-refractivity contribution in [3.63, 3.8) is 0 Å². The lowest BCUT2D eigenvalue weighted by molar-refractivity contribution is -0.253. The fraction of sp³-hybridized carbons (Fsp3) is 0.556. The van der Waals surface area contributed by atoms with Gasteiger partial charge in [0.15, 0.2) is 6.29 Å². The van der Waals surface area contributed by atoms with Gasteiger partial charge in [0.2, 0.25) is 5.91 Å². The molecule has 27 heavy (non-hydrogen) atoms. The number of carbonyl (C=O) groups excluding carboxylic acids is 2. The molecule has 0 aliphatic carbocycles. The molecule has 0 aromatic heterocycles. The first-order valence-corrected chi connectivity index (χ1v) is 9.53. The molecule has 150 valence electrons.